The van der Waals surface area contributed by atoms with Gasteiger partial charge in [0, 0.05) is 35.6 Å². The van der Waals surface area contributed by atoms with Gasteiger partial charge in [0.15, 0.2) is 5.65 Å². The van der Waals surface area contributed by atoms with Gasteiger partial charge < -0.3 is 16.0 Å². The van der Waals surface area contributed by atoms with Crippen LogP contribution in [0.4, 0.5) is 0 Å². The quantitative estimate of drug-likeness (QED) is 0.439. The Morgan fingerprint density at radius 3 is 2.97 bits per heavy atom. The molecule has 2 amide bonds. The minimum absolute atomic E-state index is 0.0978. The summed E-state index contributed by atoms with van der Waals surface area (Å²) in [6.07, 6.45) is 6.24. The maximum absolute atomic E-state index is 13.0. The van der Waals surface area contributed by atoms with E-state index >= 15 is 0 Å². The van der Waals surface area contributed by atoms with Crippen molar-refractivity contribution in [2.75, 3.05) is 0 Å². The van der Waals surface area contributed by atoms with Crippen molar-refractivity contribution in [1.29, 1.82) is 0 Å². The number of H-pyrrole nitrogens is 1. The Labute approximate surface area is 188 Å². The van der Waals surface area contributed by atoms with Gasteiger partial charge in [-0.15, -0.1) is 0 Å². The van der Waals surface area contributed by atoms with E-state index in [-0.39, 0.29) is 23.8 Å². The Kier molecular flexibility index (Phi) is 5.05. The molecule has 0 aliphatic heterocycles. The minimum Gasteiger partial charge on any atom is -0.369 e. The number of hydrogen-bond donors (Lipinski definition) is 3. The number of benzene rings is 1. The van der Waals surface area contributed by atoms with E-state index in [1.165, 1.54) is 0 Å². The van der Waals surface area contributed by atoms with Gasteiger partial charge >= 0.3 is 0 Å². The lowest BCUT2D eigenvalue weighted by Crippen LogP contribution is -2.41. The molecule has 0 unspecified atom stereocenters. The number of aromatic amines is 1. The Balaban J connectivity index is 1.47. The van der Waals surface area contributed by atoms with Crippen molar-refractivity contribution in [3.63, 3.8) is 0 Å². The topological polar surface area (TPSA) is 132 Å². The van der Waals surface area contributed by atoms with Gasteiger partial charge in [-0.1, -0.05) is 18.0 Å². The summed E-state index contributed by atoms with van der Waals surface area (Å²) in [6, 6.07) is 5.45. The lowest BCUT2D eigenvalue weighted by molar-refractivity contribution is -0.122. The summed E-state index contributed by atoms with van der Waals surface area (Å²) >= 11 is 6.13. The van der Waals surface area contributed by atoms with E-state index in [0.29, 0.717) is 39.6 Å². The normalized spacial score (nSPS) is 18.8. The van der Waals surface area contributed by atoms with Crippen LogP contribution in [0.15, 0.2) is 30.6 Å². The summed E-state index contributed by atoms with van der Waals surface area (Å²) in [4.78, 5) is 36.7. The first-order valence-electron chi connectivity index (χ1n) is 10.5. The summed E-state index contributed by atoms with van der Waals surface area (Å²) in [5, 5.41) is 9.13. The average molecular weight is 452 g/mol. The largest absolute Gasteiger partial charge is 0.369 e. The molecule has 0 saturated heterocycles. The third kappa shape index (κ3) is 3.58. The van der Waals surface area contributed by atoms with E-state index in [1.807, 2.05) is 19.2 Å². The standard InChI is InChI=1S/C22H22ClN7O2/c1-30-17-8-12(23)5-6-14(17)18(29-30)16-10-26-21-19(28-16)15(9-25-21)22(32)27-13-4-2-3-11(7-13)20(24)31/h5-6,8-11,13H,2-4,7H2,1H3,(H2,24,31)(H,25,26)(H,27,32)/t11-,13-/m1/s1. The Bertz CT molecular complexity index is 1360. The molecule has 3 heterocycles. The van der Waals surface area contributed by atoms with Crippen LogP contribution in [0, 0.1) is 5.92 Å². The van der Waals surface area contributed by atoms with Crippen molar-refractivity contribution in [2.24, 2.45) is 18.7 Å². The molecule has 1 aliphatic rings. The van der Waals surface area contributed by atoms with Gasteiger partial charge in [0.25, 0.3) is 5.91 Å². The second kappa shape index (κ2) is 7.90. The summed E-state index contributed by atoms with van der Waals surface area (Å²) in [7, 11) is 1.84. The van der Waals surface area contributed by atoms with Crippen molar-refractivity contribution in [1.82, 2.24) is 30.0 Å². The Morgan fingerprint density at radius 1 is 1.31 bits per heavy atom. The van der Waals surface area contributed by atoms with Gasteiger partial charge in [-0.2, -0.15) is 5.10 Å². The highest BCUT2D eigenvalue weighted by molar-refractivity contribution is 6.31. The molecule has 1 aromatic carbocycles. The summed E-state index contributed by atoms with van der Waals surface area (Å²) in [6.45, 7) is 0. The zero-order valence-corrected chi connectivity index (χ0v) is 18.2. The number of halogens is 1. The molecular formula is C22H22ClN7O2. The fourth-order valence-electron chi connectivity index (χ4n) is 4.44. The second-order valence-corrected chi connectivity index (χ2v) is 8.66. The number of aromatic nitrogens is 5. The molecule has 0 radical (unpaired) electrons. The average Bonchev–Trinajstić information content (AvgIpc) is 3.34. The van der Waals surface area contributed by atoms with Gasteiger partial charge in [0.05, 0.1) is 17.3 Å². The van der Waals surface area contributed by atoms with Crippen LogP contribution >= 0.6 is 11.6 Å². The molecule has 3 aromatic heterocycles. The number of nitrogens with zero attached hydrogens (tertiary/aromatic N) is 4. The Hall–Kier alpha value is -3.46. The number of aryl methyl sites for hydroxylation is 1. The summed E-state index contributed by atoms with van der Waals surface area (Å²) < 4.78 is 1.74. The van der Waals surface area contributed by atoms with Crippen LogP contribution in [0.1, 0.15) is 36.0 Å². The molecule has 164 valence electrons. The molecule has 0 bridgehead atoms. The minimum atomic E-state index is -0.310. The van der Waals surface area contributed by atoms with Crippen LogP contribution in [-0.4, -0.2) is 42.6 Å². The number of carbonyl (C=O) groups excluding carboxylic acids is 2. The summed E-state index contributed by atoms with van der Waals surface area (Å²) in [5.41, 5.74) is 8.95. The monoisotopic (exact) mass is 451 g/mol. The smallest absolute Gasteiger partial charge is 0.255 e. The predicted octanol–water partition coefficient (Wildman–Crippen LogP) is 2.94. The number of nitrogens with two attached hydrogens (primary N) is 1. The molecule has 4 aromatic rings. The first-order chi connectivity index (χ1) is 15.4. The third-order valence-electron chi connectivity index (χ3n) is 6.09. The number of hydrogen-bond acceptors (Lipinski definition) is 5. The van der Waals surface area contributed by atoms with E-state index in [1.54, 1.807) is 23.1 Å². The molecule has 1 saturated carbocycles. The number of amides is 2. The van der Waals surface area contributed by atoms with Gasteiger partial charge in [-0.3, -0.25) is 14.3 Å². The highest BCUT2D eigenvalue weighted by atomic mass is 35.5. The van der Waals surface area contributed by atoms with Crippen LogP contribution in [0.3, 0.4) is 0 Å². The number of carbonyl (C=O) groups is 2. The van der Waals surface area contributed by atoms with E-state index in [4.69, 9.17) is 22.3 Å². The van der Waals surface area contributed by atoms with Crippen molar-refractivity contribution >= 4 is 45.5 Å². The van der Waals surface area contributed by atoms with Crippen molar-refractivity contribution in [3.05, 3.63) is 41.2 Å². The molecular weight excluding hydrogens is 430 g/mol. The molecule has 0 spiro atoms. The highest BCUT2D eigenvalue weighted by Crippen LogP contribution is 2.30. The predicted molar refractivity (Wildman–Crippen MR) is 121 cm³/mol. The fraction of sp³-hybridized carbons (Fsp3) is 0.318. The first-order valence-corrected chi connectivity index (χ1v) is 10.9. The van der Waals surface area contributed by atoms with Crippen molar-refractivity contribution in [2.45, 2.75) is 31.7 Å². The van der Waals surface area contributed by atoms with E-state index < -0.39 is 0 Å². The molecule has 9 nitrogen and oxygen atoms in total. The second-order valence-electron chi connectivity index (χ2n) is 8.22. The molecule has 1 fully saturated rings. The summed E-state index contributed by atoms with van der Waals surface area (Å²) in [5.74, 6) is -0.764. The van der Waals surface area contributed by atoms with Crippen molar-refractivity contribution in [3.8, 4) is 11.4 Å². The van der Waals surface area contributed by atoms with Crippen LogP contribution in [0.25, 0.3) is 33.5 Å². The molecule has 1 aliphatic carbocycles. The first kappa shape index (κ1) is 20.4. The van der Waals surface area contributed by atoms with E-state index in [0.717, 1.165) is 30.2 Å². The van der Waals surface area contributed by atoms with Crippen LogP contribution in [0.2, 0.25) is 5.02 Å². The molecule has 4 N–H and O–H groups in total. The van der Waals surface area contributed by atoms with Crippen molar-refractivity contribution < 1.29 is 9.59 Å². The zero-order valence-electron chi connectivity index (χ0n) is 17.4. The third-order valence-corrected chi connectivity index (χ3v) is 6.33. The fourth-order valence-corrected chi connectivity index (χ4v) is 4.61. The highest BCUT2D eigenvalue weighted by Gasteiger charge is 2.28. The Morgan fingerprint density at radius 2 is 2.16 bits per heavy atom. The van der Waals surface area contributed by atoms with Crippen LogP contribution < -0.4 is 11.1 Å². The van der Waals surface area contributed by atoms with E-state index in [9.17, 15) is 9.59 Å². The van der Waals surface area contributed by atoms with Crippen LogP contribution in [-0.2, 0) is 11.8 Å². The molecule has 2 atom stereocenters. The lowest BCUT2D eigenvalue weighted by atomic mass is 9.85. The van der Waals surface area contributed by atoms with E-state index in [2.05, 4.69) is 20.4 Å². The maximum Gasteiger partial charge on any atom is 0.255 e. The SMILES string of the molecule is Cn1nc(-c2cnc3[nH]cc(C(=O)N[C@@H]4CCC[C@@H](C(N)=O)C4)c3n2)c2ccc(Cl)cc21. The maximum atomic E-state index is 13.0. The van der Waals surface area contributed by atoms with Gasteiger partial charge in [0.1, 0.15) is 16.9 Å². The van der Waals surface area contributed by atoms with Gasteiger partial charge in [0.2, 0.25) is 5.91 Å². The number of fused-ring (bicyclic) bond motifs is 2. The molecule has 5 rings (SSSR count). The lowest BCUT2D eigenvalue weighted by Gasteiger charge is -2.27. The van der Waals surface area contributed by atoms with Gasteiger partial charge in [-0.05, 0) is 37.5 Å². The number of nitrogens with one attached hydrogen (secondary N) is 2. The van der Waals surface area contributed by atoms with Gasteiger partial charge in [-0.25, -0.2) is 9.97 Å². The zero-order chi connectivity index (χ0) is 22.4. The van der Waals surface area contributed by atoms with Crippen LogP contribution in [0.5, 0.6) is 0 Å². The molecule has 32 heavy (non-hydrogen) atoms. The number of rotatable bonds is 4. The number of primary amides is 1. The molecule has 10 heteroatoms.